The van der Waals surface area contributed by atoms with E-state index < -0.39 is 0 Å². The van der Waals surface area contributed by atoms with Crippen molar-refractivity contribution < 1.29 is 19.1 Å². The minimum Gasteiger partial charge on any atom is -0.492 e. The number of hydrogen-bond donors (Lipinski definition) is 2. The monoisotopic (exact) mass is 445 g/mol. The molecule has 8 heteroatoms. The molecule has 0 bridgehead atoms. The molecule has 2 heterocycles. The van der Waals surface area contributed by atoms with Gasteiger partial charge >= 0.3 is 0 Å². The molecule has 2 N–H and O–H groups in total. The number of rotatable bonds is 10. The Bertz CT molecular complexity index is 864. The molecule has 0 saturated carbocycles. The highest BCUT2D eigenvalue weighted by molar-refractivity contribution is 7.14. The lowest BCUT2D eigenvalue weighted by atomic mass is 10.1. The van der Waals surface area contributed by atoms with Gasteiger partial charge in [0.15, 0.2) is 0 Å². The molecule has 1 fully saturated rings. The maximum atomic E-state index is 12.4. The van der Waals surface area contributed by atoms with Crippen LogP contribution in [0.15, 0.2) is 36.4 Å². The molecule has 0 spiro atoms. The van der Waals surface area contributed by atoms with Crippen molar-refractivity contribution in [3.8, 4) is 5.75 Å². The van der Waals surface area contributed by atoms with Crippen molar-refractivity contribution in [2.75, 3.05) is 33.4 Å². The van der Waals surface area contributed by atoms with E-state index in [1.54, 1.807) is 6.07 Å². The summed E-state index contributed by atoms with van der Waals surface area (Å²) in [4.78, 5) is 27.3. The van der Waals surface area contributed by atoms with Gasteiger partial charge in [0, 0.05) is 44.1 Å². The number of amides is 2. The third-order valence-electron chi connectivity index (χ3n) is 5.28. The summed E-state index contributed by atoms with van der Waals surface area (Å²) >= 11 is 1.38. The molecule has 2 amide bonds. The van der Waals surface area contributed by atoms with Gasteiger partial charge < -0.3 is 20.1 Å². The number of nitrogens with one attached hydrogen (secondary N) is 2. The second-order valence-electron chi connectivity index (χ2n) is 7.68. The van der Waals surface area contributed by atoms with E-state index in [-0.39, 0.29) is 11.8 Å². The molecule has 168 valence electrons. The normalized spacial score (nSPS) is 14.4. The Morgan fingerprint density at radius 1 is 1.16 bits per heavy atom. The van der Waals surface area contributed by atoms with Gasteiger partial charge in [-0.15, -0.1) is 11.3 Å². The number of thiophene rings is 1. The number of carbonyl (C=O) groups excluding carboxylic acids is 2. The van der Waals surface area contributed by atoms with Crippen LogP contribution in [0.5, 0.6) is 5.75 Å². The molecule has 0 aliphatic carbocycles. The van der Waals surface area contributed by atoms with Gasteiger partial charge in [-0.3, -0.25) is 14.5 Å². The Balaban J connectivity index is 1.42. The summed E-state index contributed by atoms with van der Waals surface area (Å²) in [6.07, 6.45) is 2.15. The van der Waals surface area contributed by atoms with E-state index in [0.29, 0.717) is 30.6 Å². The third kappa shape index (κ3) is 7.65. The Hall–Kier alpha value is -2.42. The number of benzene rings is 1. The highest BCUT2D eigenvalue weighted by Gasteiger charge is 2.18. The second-order valence-corrected chi connectivity index (χ2v) is 8.85. The lowest BCUT2D eigenvalue weighted by Gasteiger charge is -2.31. The van der Waals surface area contributed by atoms with Crippen molar-refractivity contribution in [1.82, 2.24) is 15.5 Å². The summed E-state index contributed by atoms with van der Waals surface area (Å²) < 4.78 is 11.4. The van der Waals surface area contributed by atoms with Crippen molar-refractivity contribution in [3.63, 3.8) is 0 Å². The molecule has 2 aromatic rings. The van der Waals surface area contributed by atoms with E-state index in [1.165, 1.54) is 18.3 Å². The standard InChI is InChI=1S/C23H31N3O4S/c1-17(27)24-16-21-6-7-22(31-21)23(28)25-15-18-4-3-5-20(14-18)30-13-10-26(2)19-8-11-29-12-9-19/h3-7,14,19H,8-13,15-16H2,1-2H3,(H,24,27)(H,25,28). The quantitative estimate of drug-likeness (QED) is 0.588. The van der Waals surface area contributed by atoms with E-state index in [2.05, 4.69) is 22.6 Å². The zero-order valence-electron chi connectivity index (χ0n) is 18.2. The van der Waals surface area contributed by atoms with Gasteiger partial charge in [0.25, 0.3) is 5.91 Å². The molecule has 1 saturated heterocycles. The fourth-order valence-electron chi connectivity index (χ4n) is 3.44. The topological polar surface area (TPSA) is 79.9 Å². The Morgan fingerprint density at radius 2 is 1.97 bits per heavy atom. The van der Waals surface area contributed by atoms with Crippen molar-refractivity contribution >= 4 is 23.2 Å². The van der Waals surface area contributed by atoms with E-state index >= 15 is 0 Å². The van der Waals surface area contributed by atoms with Crippen LogP contribution >= 0.6 is 11.3 Å². The van der Waals surface area contributed by atoms with E-state index in [1.807, 2.05) is 30.3 Å². The molecule has 3 rings (SSSR count). The Morgan fingerprint density at radius 3 is 2.74 bits per heavy atom. The fraction of sp³-hybridized carbons (Fsp3) is 0.478. The molecule has 31 heavy (non-hydrogen) atoms. The number of hydrogen-bond acceptors (Lipinski definition) is 6. The van der Waals surface area contributed by atoms with E-state index in [4.69, 9.17) is 9.47 Å². The highest BCUT2D eigenvalue weighted by Crippen LogP contribution is 2.18. The summed E-state index contributed by atoms with van der Waals surface area (Å²) in [6, 6.07) is 12.0. The van der Waals surface area contributed by atoms with E-state index in [0.717, 1.165) is 48.8 Å². The van der Waals surface area contributed by atoms with Gasteiger partial charge in [-0.2, -0.15) is 0 Å². The van der Waals surface area contributed by atoms with Crippen molar-refractivity contribution in [2.45, 2.75) is 38.9 Å². The second kappa shape index (κ2) is 11.8. The molecule has 1 aliphatic heterocycles. The minimum absolute atomic E-state index is 0.0864. The van der Waals surface area contributed by atoms with Gasteiger partial charge in [0.2, 0.25) is 5.91 Å². The highest BCUT2D eigenvalue weighted by atomic mass is 32.1. The molecule has 1 aromatic carbocycles. The van der Waals surface area contributed by atoms with Crippen LogP contribution in [0.1, 0.15) is 39.9 Å². The maximum Gasteiger partial charge on any atom is 0.261 e. The smallest absolute Gasteiger partial charge is 0.261 e. The first-order chi connectivity index (χ1) is 15.0. The van der Waals surface area contributed by atoms with Crippen LogP contribution in [0.25, 0.3) is 0 Å². The first-order valence-electron chi connectivity index (χ1n) is 10.6. The van der Waals surface area contributed by atoms with Crippen molar-refractivity contribution in [3.05, 3.63) is 51.7 Å². The van der Waals surface area contributed by atoms with Crippen LogP contribution in [0.2, 0.25) is 0 Å². The molecular weight excluding hydrogens is 414 g/mol. The molecular formula is C23H31N3O4S. The average Bonchev–Trinajstić information content (AvgIpc) is 3.26. The van der Waals surface area contributed by atoms with Gasteiger partial charge in [0.05, 0.1) is 11.4 Å². The average molecular weight is 446 g/mol. The third-order valence-corrected chi connectivity index (χ3v) is 6.36. The number of likely N-dealkylation sites (N-methyl/N-ethyl adjacent to an activating group) is 1. The van der Waals surface area contributed by atoms with Crippen molar-refractivity contribution in [1.29, 1.82) is 0 Å². The minimum atomic E-state index is -0.122. The molecule has 1 aliphatic rings. The zero-order chi connectivity index (χ0) is 22.1. The summed E-state index contributed by atoms with van der Waals surface area (Å²) in [5.41, 5.74) is 0.985. The molecule has 1 aromatic heterocycles. The summed E-state index contributed by atoms with van der Waals surface area (Å²) in [7, 11) is 2.14. The number of ether oxygens (including phenoxy) is 2. The predicted molar refractivity (Wildman–Crippen MR) is 121 cm³/mol. The van der Waals surface area contributed by atoms with Gasteiger partial charge in [-0.05, 0) is 49.7 Å². The first kappa shape index (κ1) is 23.2. The summed E-state index contributed by atoms with van der Waals surface area (Å²) in [5.74, 6) is 0.598. The van der Waals surface area contributed by atoms with E-state index in [9.17, 15) is 9.59 Å². The number of nitrogens with zero attached hydrogens (tertiary/aromatic N) is 1. The lowest BCUT2D eigenvalue weighted by molar-refractivity contribution is -0.119. The van der Waals surface area contributed by atoms with Crippen LogP contribution < -0.4 is 15.4 Å². The fourth-order valence-corrected chi connectivity index (χ4v) is 4.30. The van der Waals surface area contributed by atoms with Gasteiger partial charge in [-0.1, -0.05) is 12.1 Å². The predicted octanol–water partition coefficient (Wildman–Crippen LogP) is 2.80. The Kier molecular flexibility index (Phi) is 8.87. The zero-order valence-corrected chi connectivity index (χ0v) is 19.0. The van der Waals surface area contributed by atoms with Crippen molar-refractivity contribution in [2.24, 2.45) is 0 Å². The molecule has 0 unspecified atom stereocenters. The largest absolute Gasteiger partial charge is 0.492 e. The summed E-state index contributed by atoms with van der Waals surface area (Å²) in [5, 5.41) is 5.68. The molecule has 7 nitrogen and oxygen atoms in total. The number of carbonyl (C=O) groups is 2. The van der Waals surface area contributed by atoms with Gasteiger partial charge in [0.1, 0.15) is 12.4 Å². The van der Waals surface area contributed by atoms with Crippen LogP contribution in [0.3, 0.4) is 0 Å². The van der Waals surface area contributed by atoms with Crippen LogP contribution in [-0.2, 0) is 22.6 Å². The Labute approximate surface area is 187 Å². The van der Waals surface area contributed by atoms with Gasteiger partial charge in [-0.25, -0.2) is 0 Å². The maximum absolute atomic E-state index is 12.4. The van der Waals surface area contributed by atoms with Crippen LogP contribution in [-0.4, -0.2) is 56.2 Å². The lowest BCUT2D eigenvalue weighted by Crippen LogP contribution is -2.38. The summed E-state index contributed by atoms with van der Waals surface area (Å²) in [6.45, 7) is 5.51. The first-order valence-corrected chi connectivity index (χ1v) is 11.4. The molecule has 0 radical (unpaired) electrons. The van der Waals surface area contributed by atoms with Crippen LogP contribution in [0, 0.1) is 0 Å². The van der Waals surface area contributed by atoms with Crippen LogP contribution in [0.4, 0.5) is 0 Å². The molecule has 0 atom stereocenters. The SMILES string of the molecule is CC(=O)NCc1ccc(C(=O)NCc2cccc(OCCN(C)C3CCOCC3)c2)s1.